The molecule has 3 rings (SSSR count). The summed E-state index contributed by atoms with van der Waals surface area (Å²) >= 11 is 0. The zero-order chi connectivity index (χ0) is 14.1. The van der Waals surface area contributed by atoms with Crippen molar-refractivity contribution in [1.29, 1.82) is 0 Å². The molecule has 2 aliphatic carbocycles. The van der Waals surface area contributed by atoms with Crippen molar-refractivity contribution in [3.8, 4) is 0 Å². The number of nitrogens with zero attached hydrogens (tertiary/aromatic N) is 1. The van der Waals surface area contributed by atoms with Gasteiger partial charge in [0.2, 0.25) is 5.91 Å². The van der Waals surface area contributed by atoms with Gasteiger partial charge in [-0.1, -0.05) is 6.92 Å². The maximum Gasteiger partial charge on any atom is 0.225 e. The van der Waals surface area contributed by atoms with Gasteiger partial charge < -0.3 is 16.0 Å². The molecular weight excluding hydrogens is 250 g/mol. The van der Waals surface area contributed by atoms with Gasteiger partial charge in [0.05, 0.1) is 5.92 Å². The normalized spacial score (nSPS) is 41.0. The summed E-state index contributed by atoms with van der Waals surface area (Å²) < 4.78 is 0. The quantitative estimate of drug-likeness (QED) is 0.813. The van der Waals surface area contributed by atoms with E-state index in [0.29, 0.717) is 11.8 Å². The molecule has 0 spiro atoms. The highest BCUT2D eigenvalue weighted by molar-refractivity contribution is 5.80. The summed E-state index contributed by atoms with van der Waals surface area (Å²) in [5.74, 6) is 2.28. The number of piperidine rings is 1. The molecule has 0 aromatic carbocycles. The fraction of sp³-hybridized carbons (Fsp3) is 0.938. The van der Waals surface area contributed by atoms with E-state index in [-0.39, 0.29) is 17.9 Å². The molecule has 1 saturated heterocycles. The number of carbonyl (C=O) groups excluding carboxylic acids is 1. The molecule has 0 radical (unpaired) electrons. The van der Waals surface area contributed by atoms with Crippen molar-refractivity contribution in [2.45, 2.75) is 45.1 Å². The van der Waals surface area contributed by atoms with Crippen molar-refractivity contribution in [3.05, 3.63) is 0 Å². The maximum atomic E-state index is 12.3. The van der Waals surface area contributed by atoms with Crippen molar-refractivity contribution in [3.63, 3.8) is 0 Å². The predicted octanol–water partition coefficient (Wildman–Crippen LogP) is 1.21. The average Bonchev–Trinajstić information content (AvgIpc) is 2.99. The van der Waals surface area contributed by atoms with Crippen LogP contribution in [0.3, 0.4) is 0 Å². The first kappa shape index (κ1) is 14.3. The Balaban J connectivity index is 1.41. The van der Waals surface area contributed by atoms with Crippen molar-refractivity contribution in [1.82, 2.24) is 10.2 Å². The number of hydrogen-bond donors (Lipinski definition) is 2. The Hall–Kier alpha value is -0.610. The number of rotatable bonds is 4. The van der Waals surface area contributed by atoms with Crippen LogP contribution < -0.4 is 11.1 Å². The van der Waals surface area contributed by atoms with E-state index in [1.807, 2.05) is 0 Å². The Kier molecular flexibility index (Phi) is 4.32. The Morgan fingerprint density at radius 1 is 1.30 bits per heavy atom. The van der Waals surface area contributed by atoms with E-state index in [4.69, 9.17) is 5.73 Å². The van der Waals surface area contributed by atoms with Gasteiger partial charge in [0, 0.05) is 25.7 Å². The van der Waals surface area contributed by atoms with Gasteiger partial charge in [0.25, 0.3) is 0 Å². The summed E-state index contributed by atoms with van der Waals surface area (Å²) in [6.45, 7) is 6.47. The van der Waals surface area contributed by atoms with Gasteiger partial charge >= 0.3 is 0 Å². The third-order valence-corrected chi connectivity index (χ3v) is 5.75. The lowest BCUT2D eigenvalue weighted by Crippen LogP contribution is -2.47. The second kappa shape index (κ2) is 6.02. The highest BCUT2D eigenvalue weighted by Gasteiger charge is 2.48. The van der Waals surface area contributed by atoms with Crippen LogP contribution in [0.4, 0.5) is 0 Å². The summed E-state index contributed by atoms with van der Waals surface area (Å²) in [6.07, 6.45) is 6.28. The van der Waals surface area contributed by atoms with E-state index in [0.717, 1.165) is 19.0 Å². The van der Waals surface area contributed by atoms with E-state index in [9.17, 15) is 4.79 Å². The molecule has 4 heteroatoms. The predicted molar refractivity (Wildman–Crippen MR) is 80.1 cm³/mol. The van der Waals surface area contributed by atoms with E-state index < -0.39 is 0 Å². The molecular formula is C16H29N3O. The highest BCUT2D eigenvalue weighted by atomic mass is 16.1. The minimum absolute atomic E-state index is 0.0917. The SMILES string of the molecule is CC1CCCN(CCNC(=O)C2C3CCC(C3)C2N)C1. The van der Waals surface area contributed by atoms with Crippen LogP contribution in [0.5, 0.6) is 0 Å². The van der Waals surface area contributed by atoms with Crippen LogP contribution in [-0.4, -0.2) is 43.0 Å². The van der Waals surface area contributed by atoms with Gasteiger partial charge in [-0.3, -0.25) is 4.79 Å². The maximum absolute atomic E-state index is 12.3. The smallest absolute Gasteiger partial charge is 0.225 e. The second-order valence-electron chi connectivity index (χ2n) is 7.28. The first-order valence-electron chi connectivity index (χ1n) is 8.41. The van der Waals surface area contributed by atoms with Gasteiger partial charge in [-0.05, 0) is 56.4 Å². The lowest BCUT2D eigenvalue weighted by Gasteiger charge is -2.31. The number of amides is 1. The van der Waals surface area contributed by atoms with Crippen LogP contribution in [0.2, 0.25) is 0 Å². The molecule has 1 amide bonds. The molecule has 2 bridgehead atoms. The summed E-state index contributed by atoms with van der Waals surface area (Å²) in [7, 11) is 0. The van der Waals surface area contributed by atoms with E-state index in [1.54, 1.807) is 0 Å². The average molecular weight is 279 g/mol. The number of nitrogens with one attached hydrogen (secondary N) is 1. The van der Waals surface area contributed by atoms with Crippen LogP contribution in [0, 0.1) is 23.7 Å². The summed E-state index contributed by atoms with van der Waals surface area (Å²) in [4.78, 5) is 14.8. The topological polar surface area (TPSA) is 58.4 Å². The Morgan fingerprint density at radius 3 is 2.80 bits per heavy atom. The molecule has 20 heavy (non-hydrogen) atoms. The van der Waals surface area contributed by atoms with Crippen molar-refractivity contribution < 1.29 is 4.79 Å². The lowest BCUT2D eigenvalue weighted by molar-refractivity contribution is -0.127. The third kappa shape index (κ3) is 2.86. The van der Waals surface area contributed by atoms with Crippen LogP contribution >= 0.6 is 0 Å². The first-order valence-corrected chi connectivity index (χ1v) is 8.41. The van der Waals surface area contributed by atoms with Crippen LogP contribution in [-0.2, 0) is 4.79 Å². The number of nitrogens with two attached hydrogens (primary N) is 1. The number of carbonyl (C=O) groups is 1. The summed E-state index contributed by atoms with van der Waals surface area (Å²) in [6, 6.07) is 0.115. The first-order chi connectivity index (χ1) is 9.65. The minimum atomic E-state index is 0.0917. The third-order valence-electron chi connectivity index (χ3n) is 5.75. The van der Waals surface area contributed by atoms with Gasteiger partial charge in [0.1, 0.15) is 0 Å². The fourth-order valence-corrected chi connectivity index (χ4v) is 4.67. The molecule has 5 unspecified atom stereocenters. The monoisotopic (exact) mass is 279 g/mol. The Bertz CT molecular complexity index is 358. The largest absolute Gasteiger partial charge is 0.355 e. The van der Waals surface area contributed by atoms with Gasteiger partial charge in [-0.15, -0.1) is 0 Å². The fourth-order valence-electron chi connectivity index (χ4n) is 4.67. The van der Waals surface area contributed by atoms with Crippen LogP contribution in [0.25, 0.3) is 0 Å². The Labute approximate surface area is 122 Å². The van der Waals surface area contributed by atoms with Crippen molar-refractivity contribution >= 4 is 5.91 Å². The molecule has 3 fully saturated rings. The minimum Gasteiger partial charge on any atom is -0.355 e. The molecule has 3 N–H and O–H groups in total. The summed E-state index contributed by atoms with van der Waals surface area (Å²) in [5.41, 5.74) is 6.23. The molecule has 2 saturated carbocycles. The number of fused-ring (bicyclic) bond motifs is 2. The van der Waals surface area contributed by atoms with Crippen LogP contribution in [0.1, 0.15) is 39.0 Å². The summed E-state index contributed by atoms with van der Waals surface area (Å²) in [5, 5.41) is 3.14. The van der Waals surface area contributed by atoms with Crippen LogP contribution in [0.15, 0.2) is 0 Å². The van der Waals surface area contributed by atoms with Crippen molar-refractivity contribution in [2.75, 3.05) is 26.2 Å². The molecule has 4 nitrogen and oxygen atoms in total. The standard InChI is InChI=1S/C16H29N3O/c1-11-3-2-7-19(10-11)8-6-18-16(20)14-12-4-5-13(9-12)15(14)17/h11-15H,2-10,17H2,1H3,(H,18,20). The molecule has 0 aromatic heterocycles. The van der Waals surface area contributed by atoms with E-state index in [1.165, 1.54) is 45.2 Å². The van der Waals surface area contributed by atoms with Crippen molar-refractivity contribution in [2.24, 2.45) is 29.4 Å². The molecule has 114 valence electrons. The van der Waals surface area contributed by atoms with Gasteiger partial charge in [0.15, 0.2) is 0 Å². The van der Waals surface area contributed by atoms with E-state index >= 15 is 0 Å². The van der Waals surface area contributed by atoms with Gasteiger partial charge in [-0.25, -0.2) is 0 Å². The zero-order valence-electron chi connectivity index (χ0n) is 12.7. The number of hydrogen-bond acceptors (Lipinski definition) is 3. The second-order valence-corrected chi connectivity index (χ2v) is 7.28. The molecule has 0 aromatic rings. The zero-order valence-corrected chi connectivity index (χ0v) is 12.7. The molecule has 1 heterocycles. The molecule has 3 aliphatic rings. The van der Waals surface area contributed by atoms with E-state index in [2.05, 4.69) is 17.1 Å². The van der Waals surface area contributed by atoms with Gasteiger partial charge in [-0.2, -0.15) is 0 Å². The highest BCUT2D eigenvalue weighted by Crippen LogP contribution is 2.47. The molecule has 5 atom stereocenters. The molecule has 1 aliphatic heterocycles. The lowest BCUT2D eigenvalue weighted by atomic mass is 9.84. The Morgan fingerprint density at radius 2 is 2.10 bits per heavy atom. The number of likely N-dealkylation sites (tertiary alicyclic amines) is 1.